The van der Waals surface area contributed by atoms with Gasteiger partial charge in [0, 0.05) is 12.2 Å². The smallest absolute Gasteiger partial charge is 0.251 e. The normalized spacial score (nSPS) is 10.6. The fraction of sp³-hybridized carbons (Fsp3) is 0.154. The van der Waals surface area contributed by atoms with Gasteiger partial charge < -0.3 is 14.7 Å². The minimum atomic E-state index is -0.463. The summed E-state index contributed by atoms with van der Waals surface area (Å²) in [6, 6.07) is 3.64. The van der Waals surface area contributed by atoms with E-state index in [9.17, 15) is 4.79 Å². The van der Waals surface area contributed by atoms with Crippen LogP contribution in [-0.4, -0.2) is 10.5 Å². The standard InChI is InChI=1S/C13H13BrN2O2/c1-3-6-16-8(2)10(13(15)17)11(14)12(16)9-5-4-7-18-9/h3-5,7H,1,6H2,2H3,(H2,15,17). The molecule has 0 atom stereocenters. The molecule has 2 aromatic rings. The summed E-state index contributed by atoms with van der Waals surface area (Å²) in [5, 5.41) is 0. The van der Waals surface area contributed by atoms with E-state index in [1.54, 1.807) is 18.4 Å². The number of allylic oxidation sites excluding steroid dienone is 1. The molecule has 1 amide bonds. The first kappa shape index (κ1) is 12.7. The lowest BCUT2D eigenvalue weighted by Crippen LogP contribution is -2.12. The number of halogens is 1. The average molecular weight is 309 g/mol. The molecule has 4 nitrogen and oxygen atoms in total. The number of nitrogens with zero attached hydrogens (tertiary/aromatic N) is 1. The molecule has 2 N–H and O–H groups in total. The Balaban J connectivity index is 2.74. The van der Waals surface area contributed by atoms with Gasteiger partial charge in [-0.1, -0.05) is 6.08 Å². The average Bonchev–Trinajstić information content (AvgIpc) is 2.87. The van der Waals surface area contributed by atoms with Gasteiger partial charge in [0.1, 0.15) is 0 Å². The third-order valence-corrected chi connectivity index (χ3v) is 3.55. The third kappa shape index (κ3) is 1.90. The fourth-order valence-electron chi connectivity index (χ4n) is 2.00. The van der Waals surface area contributed by atoms with Gasteiger partial charge in [-0.25, -0.2) is 0 Å². The second-order valence-corrected chi connectivity index (χ2v) is 4.66. The van der Waals surface area contributed by atoms with Gasteiger partial charge in [-0.05, 0) is 35.0 Å². The quantitative estimate of drug-likeness (QED) is 0.882. The van der Waals surface area contributed by atoms with Crippen LogP contribution in [0.2, 0.25) is 0 Å². The zero-order chi connectivity index (χ0) is 13.3. The Morgan fingerprint density at radius 1 is 1.67 bits per heavy atom. The maximum Gasteiger partial charge on any atom is 0.251 e. The van der Waals surface area contributed by atoms with Gasteiger partial charge in [0.2, 0.25) is 0 Å². The minimum Gasteiger partial charge on any atom is -0.463 e. The van der Waals surface area contributed by atoms with Crippen molar-refractivity contribution in [1.29, 1.82) is 0 Å². The summed E-state index contributed by atoms with van der Waals surface area (Å²) in [6.07, 6.45) is 3.35. The lowest BCUT2D eigenvalue weighted by atomic mass is 10.2. The van der Waals surface area contributed by atoms with Crippen LogP contribution in [0.3, 0.4) is 0 Å². The Bertz CT molecular complexity index is 597. The van der Waals surface area contributed by atoms with Crippen molar-refractivity contribution in [1.82, 2.24) is 4.57 Å². The van der Waals surface area contributed by atoms with E-state index in [1.165, 1.54) is 0 Å². The lowest BCUT2D eigenvalue weighted by Gasteiger charge is -2.07. The first-order valence-corrected chi connectivity index (χ1v) is 6.20. The van der Waals surface area contributed by atoms with Crippen molar-refractivity contribution < 1.29 is 9.21 Å². The molecule has 0 saturated heterocycles. The maximum absolute atomic E-state index is 11.5. The molecule has 18 heavy (non-hydrogen) atoms. The molecule has 0 fully saturated rings. The molecular formula is C13H13BrN2O2. The highest BCUT2D eigenvalue weighted by atomic mass is 79.9. The second kappa shape index (κ2) is 4.86. The van der Waals surface area contributed by atoms with Gasteiger partial charge in [0.15, 0.2) is 5.76 Å². The number of aromatic nitrogens is 1. The zero-order valence-electron chi connectivity index (χ0n) is 9.94. The molecule has 0 bridgehead atoms. The van der Waals surface area contributed by atoms with E-state index in [0.717, 1.165) is 11.4 Å². The summed E-state index contributed by atoms with van der Waals surface area (Å²) in [4.78, 5) is 11.5. The van der Waals surface area contributed by atoms with Gasteiger partial charge in [-0.3, -0.25) is 4.79 Å². The van der Waals surface area contributed by atoms with Crippen LogP contribution in [0.25, 0.3) is 11.5 Å². The molecular weight excluding hydrogens is 296 g/mol. The molecule has 0 radical (unpaired) electrons. The first-order chi connectivity index (χ1) is 8.57. The number of carbonyl (C=O) groups is 1. The molecule has 0 unspecified atom stereocenters. The van der Waals surface area contributed by atoms with E-state index in [0.29, 0.717) is 22.3 Å². The molecule has 0 aromatic carbocycles. The number of rotatable bonds is 4. The van der Waals surface area contributed by atoms with E-state index in [2.05, 4.69) is 22.5 Å². The maximum atomic E-state index is 11.5. The monoisotopic (exact) mass is 308 g/mol. The number of carbonyl (C=O) groups excluding carboxylic acids is 1. The van der Waals surface area contributed by atoms with Crippen LogP contribution >= 0.6 is 15.9 Å². The second-order valence-electron chi connectivity index (χ2n) is 3.86. The van der Waals surface area contributed by atoms with Crippen LogP contribution in [-0.2, 0) is 6.54 Å². The summed E-state index contributed by atoms with van der Waals surface area (Å²) < 4.78 is 8.00. The van der Waals surface area contributed by atoms with E-state index in [-0.39, 0.29) is 0 Å². The predicted octanol–water partition coefficient (Wildman–Crippen LogP) is 3.10. The van der Waals surface area contributed by atoms with Gasteiger partial charge in [0.25, 0.3) is 5.91 Å². The summed E-state index contributed by atoms with van der Waals surface area (Å²) in [6.45, 7) is 6.15. The number of hydrogen-bond donors (Lipinski definition) is 1. The first-order valence-electron chi connectivity index (χ1n) is 5.41. The number of primary amides is 1. The van der Waals surface area contributed by atoms with Gasteiger partial charge in [-0.15, -0.1) is 6.58 Å². The van der Waals surface area contributed by atoms with Gasteiger partial charge >= 0.3 is 0 Å². The molecule has 2 rings (SSSR count). The van der Waals surface area contributed by atoms with Crippen LogP contribution in [0.1, 0.15) is 16.1 Å². The lowest BCUT2D eigenvalue weighted by molar-refractivity contribution is 0.0999. The number of furan rings is 1. The molecule has 2 heterocycles. The third-order valence-electron chi connectivity index (χ3n) is 2.78. The molecule has 0 saturated carbocycles. The highest BCUT2D eigenvalue weighted by Crippen LogP contribution is 2.36. The van der Waals surface area contributed by atoms with Crippen molar-refractivity contribution in [3.8, 4) is 11.5 Å². The Labute approximate surface area is 113 Å². The van der Waals surface area contributed by atoms with Gasteiger partial charge in [-0.2, -0.15) is 0 Å². The highest BCUT2D eigenvalue weighted by Gasteiger charge is 2.23. The summed E-state index contributed by atoms with van der Waals surface area (Å²) in [5.74, 6) is 0.217. The van der Waals surface area contributed by atoms with Crippen LogP contribution in [0, 0.1) is 6.92 Å². The van der Waals surface area contributed by atoms with E-state index >= 15 is 0 Å². The number of nitrogens with two attached hydrogens (primary N) is 1. The SMILES string of the molecule is C=CCn1c(C)c(C(N)=O)c(Br)c1-c1ccco1. The van der Waals surface area contributed by atoms with Crippen molar-refractivity contribution in [2.75, 3.05) is 0 Å². The van der Waals surface area contributed by atoms with E-state index < -0.39 is 5.91 Å². The van der Waals surface area contributed by atoms with Crippen molar-refractivity contribution >= 4 is 21.8 Å². The summed E-state index contributed by atoms with van der Waals surface area (Å²) in [7, 11) is 0. The van der Waals surface area contributed by atoms with Gasteiger partial charge in [0.05, 0.1) is 22.0 Å². The van der Waals surface area contributed by atoms with Crippen molar-refractivity contribution in [2.45, 2.75) is 13.5 Å². The Kier molecular flexibility index (Phi) is 3.43. The predicted molar refractivity (Wildman–Crippen MR) is 73.3 cm³/mol. The van der Waals surface area contributed by atoms with Crippen LogP contribution in [0.5, 0.6) is 0 Å². The number of amides is 1. The van der Waals surface area contributed by atoms with Crippen LogP contribution < -0.4 is 5.73 Å². The number of hydrogen-bond acceptors (Lipinski definition) is 2. The molecule has 94 valence electrons. The molecule has 0 aliphatic heterocycles. The van der Waals surface area contributed by atoms with Crippen molar-refractivity contribution in [3.05, 3.63) is 46.8 Å². The van der Waals surface area contributed by atoms with Crippen LogP contribution in [0.4, 0.5) is 0 Å². The molecule has 0 aliphatic rings. The van der Waals surface area contributed by atoms with Crippen molar-refractivity contribution in [2.24, 2.45) is 5.73 Å². The fourth-order valence-corrected chi connectivity index (χ4v) is 2.89. The summed E-state index contributed by atoms with van der Waals surface area (Å²) >= 11 is 3.43. The largest absolute Gasteiger partial charge is 0.463 e. The van der Waals surface area contributed by atoms with Crippen molar-refractivity contribution in [3.63, 3.8) is 0 Å². The van der Waals surface area contributed by atoms with E-state index in [1.807, 2.05) is 17.6 Å². The molecule has 5 heteroatoms. The summed E-state index contributed by atoms with van der Waals surface area (Å²) in [5.41, 5.74) is 7.47. The van der Waals surface area contributed by atoms with Crippen LogP contribution in [0.15, 0.2) is 39.9 Å². The Hall–Kier alpha value is -1.75. The zero-order valence-corrected chi connectivity index (χ0v) is 11.5. The minimum absolute atomic E-state index is 0.463. The molecule has 0 aliphatic carbocycles. The molecule has 2 aromatic heterocycles. The molecule has 0 spiro atoms. The Morgan fingerprint density at radius 2 is 2.39 bits per heavy atom. The van der Waals surface area contributed by atoms with E-state index in [4.69, 9.17) is 10.2 Å². The highest BCUT2D eigenvalue weighted by molar-refractivity contribution is 9.10. The topological polar surface area (TPSA) is 61.2 Å². The Morgan fingerprint density at radius 3 is 2.89 bits per heavy atom.